The van der Waals surface area contributed by atoms with E-state index in [0.29, 0.717) is 18.9 Å². The lowest BCUT2D eigenvalue weighted by atomic mass is 9.94. The van der Waals surface area contributed by atoms with Crippen LogP contribution in [0.4, 0.5) is 0 Å². The minimum atomic E-state index is 0.0589. The number of esters is 1. The molecule has 0 aliphatic heterocycles. The molecule has 0 bridgehead atoms. The van der Waals surface area contributed by atoms with Crippen LogP contribution < -0.4 is 0 Å². The first-order chi connectivity index (χ1) is 22.7. The molecule has 0 aliphatic carbocycles. The second-order valence-electron chi connectivity index (χ2n) is 15.2. The van der Waals surface area contributed by atoms with E-state index in [0.717, 1.165) is 6.42 Å². The van der Waals surface area contributed by atoms with Crippen LogP contribution in [0.1, 0.15) is 265 Å². The van der Waals surface area contributed by atoms with Crippen molar-refractivity contribution in [2.24, 2.45) is 5.92 Å². The fraction of sp³-hybridized carbons (Fsp3) is 0.977. The van der Waals surface area contributed by atoms with Gasteiger partial charge in [-0.15, -0.1) is 0 Å². The van der Waals surface area contributed by atoms with Crippen molar-refractivity contribution in [3.63, 3.8) is 0 Å². The first-order valence-corrected chi connectivity index (χ1v) is 21.9. The molecule has 0 aromatic heterocycles. The summed E-state index contributed by atoms with van der Waals surface area (Å²) in [5, 5.41) is 0. The van der Waals surface area contributed by atoms with Crippen LogP contribution in [0.3, 0.4) is 0 Å². The standard InChI is InChI=1S/C44H88O2/c1-4-7-10-13-16-19-21-23-24-26-29-31-34-37-40-43(39-36-33-30-28-25-22-20-17-14-11-8-5-2)42-46-44(45)41-38-35-32-27-18-15-12-9-6-3/h43H,4-42H2,1-3H3. The van der Waals surface area contributed by atoms with E-state index in [2.05, 4.69) is 20.8 Å². The van der Waals surface area contributed by atoms with E-state index >= 15 is 0 Å². The summed E-state index contributed by atoms with van der Waals surface area (Å²) in [7, 11) is 0. The highest BCUT2D eigenvalue weighted by molar-refractivity contribution is 5.69. The maximum absolute atomic E-state index is 12.5. The highest BCUT2D eigenvalue weighted by Crippen LogP contribution is 2.21. The Hall–Kier alpha value is -0.530. The van der Waals surface area contributed by atoms with Gasteiger partial charge in [0, 0.05) is 6.42 Å². The van der Waals surface area contributed by atoms with Crippen LogP contribution in [0.25, 0.3) is 0 Å². The summed E-state index contributed by atoms with van der Waals surface area (Å²) in [6.07, 6.45) is 51.4. The highest BCUT2D eigenvalue weighted by Gasteiger charge is 2.12. The van der Waals surface area contributed by atoms with Crippen molar-refractivity contribution >= 4 is 5.97 Å². The second-order valence-corrected chi connectivity index (χ2v) is 15.2. The van der Waals surface area contributed by atoms with Gasteiger partial charge in [0.1, 0.15) is 0 Å². The van der Waals surface area contributed by atoms with Crippen molar-refractivity contribution in [3.05, 3.63) is 0 Å². The lowest BCUT2D eigenvalue weighted by Gasteiger charge is -2.17. The van der Waals surface area contributed by atoms with Crippen molar-refractivity contribution in [3.8, 4) is 0 Å². The van der Waals surface area contributed by atoms with Gasteiger partial charge in [-0.05, 0) is 25.2 Å². The molecule has 0 rings (SSSR count). The quantitative estimate of drug-likeness (QED) is 0.0488. The Bertz CT molecular complexity index is 558. The van der Waals surface area contributed by atoms with Crippen LogP contribution in [0.2, 0.25) is 0 Å². The molecule has 0 saturated carbocycles. The number of hydrogen-bond donors (Lipinski definition) is 0. The van der Waals surface area contributed by atoms with Gasteiger partial charge in [-0.25, -0.2) is 0 Å². The number of carbonyl (C=O) groups is 1. The molecular weight excluding hydrogens is 560 g/mol. The molecule has 0 radical (unpaired) electrons. The molecule has 276 valence electrons. The molecule has 0 heterocycles. The van der Waals surface area contributed by atoms with Gasteiger partial charge in [0.15, 0.2) is 0 Å². The lowest BCUT2D eigenvalue weighted by Crippen LogP contribution is -2.14. The average Bonchev–Trinajstić information content (AvgIpc) is 3.06. The first-order valence-electron chi connectivity index (χ1n) is 21.9. The summed E-state index contributed by atoms with van der Waals surface area (Å²) in [4.78, 5) is 12.5. The van der Waals surface area contributed by atoms with Gasteiger partial charge in [-0.3, -0.25) is 4.79 Å². The molecule has 0 aromatic carbocycles. The Kier molecular flexibility index (Phi) is 40.2. The van der Waals surface area contributed by atoms with E-state index in [4.69, 9.17) is 4.74 Å². The molecule has 46 heavy (non-hydrogen) atoms. The predicted molar refractivity (Wildman–Crippen MR) is 207 cm³/mol. The van der Waals surface area contributed by atoms with E-state index < -0.39 is 0 Å². The summed E-state index contributed by atoms with van der Waals surface area (Å²) >= 11 is 0. The molecule has 1 atom stereocenters. The van der Waals surface area contributed by atoms with E-state index in [1.54, 1.807) is 0 Å². The van der Waals surface area contributed by atoms with Gasteiger partial charge in [0.05, 0.1) is 6.61 Å². The van der Waals surface area contributed by atoms with Gasteiger partial charge >= 0.3 is 5.97 Å². The summed E-state index contributed by atoms with van der Waals surface area (Å²) in [5.74, 6) is 0.635. The predicted octanol–water partition coefficient (Wildman–Crippen LogP) is 16.0. The zero-order chi connectivity index (χ0) is 33.4. The number of unbranched alkanes of at least 4 members (excludes halogenated alkanes) is 32. The van der Waals surface area contributed by atoms with Crippen molar-refractivity contribution in [2.75, 3.05) is 6.61 Å². The molecule has 0 amide bonds. The monoisotopic (exact) mass is 649 g/mol. The number of carbonyl (C=O) groups excluding carboxylic acids is 1. The van der Waals surface area contributed by atoms with Gasteiger partial charge in [-0.2, -0.15) is 0 Å². The van der Waals surface area contributed by atoms with Crippen molar-refractivity contribution in [1.29, 1.82) is 0 Å². The Labute approximate surface area is 292 Å². The zero-order valence-electron chi connectivity index (χ0n) is 32.5. The molecule has 0 aliphatic rings. The number of rotatable bonds is 40. The van der Waals surface area contributed by atoms with E-state index in [1.807, 2.05) is 0 Å². The minimum absolute atomic E-state index is 0.0589. The minimum Gasteiger partial charge on any atom is -0.465 e. The third-order valence-corrected chi connectivity index (χ3v) is 10.4. The summed E-state index contributed by atoms with van der Waals surface area (Å²) in [5.41, 5.74) is 0. The van der Waals surface area contributed by atoms with Crippen molar-refractivity contribution in [2.45, 2.75) is 265 Å². The Morgan fingerprint density at radius 3 is 0.870 bits per heavy atom. The second kappa shape index (κ2) is 40.6. The summed E-state index contributed by atoms with van der Waals surface area (Å²) in [6, 6.07) is 0. The molecule has 2 nitrogen and oxygen atoms in total. The normalized spacial score (nSPS) is 12.2. The molecule has 0 aromatic rings. The fourth-order valence-corrected chi connectivity index (χ4v) is 7.08. The Morgan fingerprint density at radius 1 is 0.348 bits per heavy atom. The number of ether oxygens (including phenoxy) is 1. The molecule has 0 saturated heterocycles. The van der Waals surface area contributed by atoms with Crippen LogP contribution in [-0.4, -0.2) is 12.6 Å². The molecule has 0 spiro atoms. The van der Waals surface area contributed by atoms with Gasteiger partial charge in [0.25, 0.3) is 0 Å². The largest absolute Gasteiger partial charge is 0.465 e. The van der Waals surface area contributed by atoms with Crippen molar-refractivity contribution < 1.29 is 9.53 Å². The van der Waals surface area contributed by atoms with Crippen LogP contribution in [0.15, 0.2) is 0 Å². The van der Waals surface area contributed by atoms with E-state index in [-0.39, 0.29) is 5.97 Å². The highest BCUT2D eigenvalue weighted by atomic mass is 16.5. The molecular formula is C44H88O2. The van der Waals surface area contributed by atoms with Crippen LogP contribution >= 0.6 is 0 Å². The maximum atomic E-state index is 12.5. The Balaban J connectivity index is 4.04. The topological polar surface area (TPSA) is 26.3 Å². The lowest BCUT2D eigenvalue weighted by molar-refractivity contribution is -0.145. The third kappa shape index (κ3) is 37.9. The molecule has 1 unspecified atom stereocenters. The fourth-order valence-electron chi connectivity index (χ4n) is 7.08. The summed E-state index contributed by atoms with van der Waals surface area (Å²) < 4.78 is 5.86. The van der Waals surface area contributed by atoms with Gasteiger partial charge in [0.2, 0.25) is 0 Å². The third-order valence-electron chi connectivity index (χ3n) is 10.4. The first kappa shape index (κ1) is 45.5. The maximum Gasteiger partial charge on any atom is 0.305 e. The van der Waals surface area contributed by atoms with E-state index in [1.165, 1.54) is 231 Å². The molecule has 0 fully saturated rings. The smallest absolute Gasteiger partial charge is 0.305 e. The van der Waals surface area contributed by atoms with Crippen molar-refractivity contribution in [1.82, 2.24) is 0 Å². The van der Waals surface area contributed by atoms with Crippen LogP contribution in [0.5, 0.6) is 0 Å². The van der Waals surface area contributed by atoms with E-state index in [9.17, 15) is 4.79 Å². The Morgan fingerprint density at radius 2 is 0.587 bits per heavy atom. The summed E-state index contributed by atoms with van der Waals surface area (Å²) in [6.45, 7) is 7.55. The van der Waals surface area contributed by atoms with Crippen LogP contribution in [0, 0.1) is 5.92 Å². The van der Waals surface area contributed by atoms with Crippen LogP contribution in [-0.2, 0) is 9.53 Å². The average molecular weight is 649 g/mol. The van der Waals surface area contributed by atoms with Gasteiger partial charge in [-0.1, -0.05) is 239 Å². The SMILES string of the molecule is CCCCCCCCCCCCCCCCC(CCCCCCCCCCCCCC)COC(=O)CCCCCCCCCCC. The molecule has 0 N–H and O–H groups in total. The van der Waals surface area contributed by atoms with Gasteiger partial charge < -0.3 is 4.74 Å². The number of hydrogen-bond acceptors (Lipinski definition) is 2. The zero-order valence-corrected chi connectivity index (χ0v) is 32.5. The molecule has 2 heteroatoms.